The van der Waals surface area contributed by atoms with Crippen LogP contribution in [-0.2, 0) is 9.47 Å². The summed E-state index contributed by atoms with van der Waals surface area (Å²) in [6, 6.07) is 7.23. The van der Waals surface area contributed by atoms with E-state index in [4.69, 9.17) is 14.2 Å². The average molecular weight is 390 g/mol. The molecule has 0 aromatic heterocycles. The molecule has 1 atom stereocenters. The maximum atomic E-state index is 12.5. The van der Waals surface area contributed by atoms with Gasteiger partial charge >= 0.3 is 6.09 Å². The number of benzene rings is 1. The molecule has 0 bridgehead atoms. The number of hydrogen-bond donors (Lipinski definition) is 0. The molecule has 1 aromatic rings. The average Bonchev–Trinajstić information content (AvgIpc) is 2.68. The maximum absolute atomic E-state index is 12.5. The highest BCUT2D eigenvalue weighted by Crippen LogP contribution is 2.21. The van der Waals surface area contributed by atoms with Gasteiger partial charge in [0.1, 0.15) is 17.5 Å². The first kappa shape index (κ1) is 20.5. The Bertz CT molecular complexity index is 677. The van der Waals surface area contributed by atoms with Crippen LogP contribution >= 0.6 is 0 Å². The first-order chi connectivity index (χ1) is 13.3. The van der Waals surface area contributed by atoms with E-state index in [0.717, 1.165) is 12.8 Å². The van der Waals surface area contributed by atoms with Crippen LogP contribution in [0.5, 0.6) is 5.75 Å². The number of carbonyl (C=O) groups excluding carboxylic acids is 2. The van der Waals surface area contributed by atoms with Crippen molar-refractivity contribution < 1.29 is 23.8 Å². The molecular weight excluding hydrogens is 360 g/mol. The number of likely N-dealkylation sites (tertiary alicyclic amines) is 1. The summed E-state index contributed by atoms with van der Waals surface area (Å²) in [6.07, 6.45) is 1.37. The molecule has 2 aliphatic rings. The maximum Gasteiger partial charge on any atom is 0.410 e. The normalized spacial score (nSPS) is 20.6. The van der Waals surface area contributed by atoms with E-state index in [0.29, 0.717) is 50.7 Å². The summed E-state index contributed by atoms with van der Waals surface area (Å²) >= 11 is 0. The van der Waals surface area contributed by atoms with Gasteiger partial charge in [-0.05, 0) is 57.9 Å². The van der Waals surface area contributed by atoms with E-state index in [-0.39, 0.29) is 18.1 Å². The Morgan fingerprint density at radius 1 is 1.04 bits per heavy atom. The Kier molecular flexibility index (Phi) is 6.44. The number of hydrogen-bond acceptors (Lipinski definition) is 5. The number of piperidine rings is 1. The van der Waals surface area contributed by atoms with E-state index in [1.807, 2.05) is 32.9 Å². The predicted molar refractivity (Wildman–Crippen MR) is 105 cm³/mol. The number of amides is 2. The molecule has 0 radical (unpaired) electrons. The van der Waals surface area contributed by atoms with Crippen molar-refractivity contribution in [3.8, 4) is 5.75 Å². The molecule has 2 heterocycles. The second-order valence-corrected chi connectivity index (χ2v) is 8.24. The summed E-state index contributed by atoms with van der Waals surface area (Å²) in [4.78, 5) is 28.3. The SMILES string of the molecule is CC(C)(C)OC(=O)N1CCC[C@@H](Oc2ccc(C(=O)N3CCOCC3)cc2)C1. The Morgan fingerprint density at radius 3 is 2.36 bits per heavy atom. The smallest absolute Gasteiger partial charge is 0.410 e. The summed E-state index contributed by atoms with van der Waals surface area (Å²) in [6.45, 7) is 9.20. The van der Waals surface area contributed by atoms with Crippen LogP contribution in [0, 0.1) is 0 Å². The fourth-order valence-electron chi connectivity index (χ4n) is 3.34. The summed E-state index contributed by atoms with van der Waals surface area (Å²) in [5.41, 5.74) is 0.140. The van der Waals surface area contributed by atoms with Crippen LogP contribution in [0.4, 0.5) is 4.79 Å². The van der Waals surface area contributed by atoms with E-state index in [1.165, 1.54) is 0 Å². The van der Waals surface area contributed by atoms with Crippen LogP contribution in [0.3, 0.4) is 0 Å². The van der Waals surface area contributed by atoms with Crippen molar-refractivity contribution in [3.63, 3.8) is 0 Å². The van der Waals surface area contributed by atoms with Crippen LogP contribution < -0.4 is 4.74 Å². The number of morpholine rings is 1. The lowest BCUT2D eigenvalue weighted by Crippen LogP contribution is -2.46. The minimum absolute atomic E-state index is 0.0172. The molecule has 28 heavy (non-hydrogen) atoms. The molecule has 2 fully saturated rings. The molecule has 0 spiro atoms. The first-order valence-electron chi connectivity index (χ1n) is 9.93. The van der Waals surface area contributed by atoms with Gasteiger partial charge in [0.2, 0.25) is 0 Å². The van der Waals surface area contributed by atoms with E-state index < -0.39 is 5.60 Å². The lowest BCUT2D eigenvalue weighted by molar-refractivity contribution is 0.00773. The summed E-state index contributed by atoms with van der Waals surface area (Å²) in [7, 11) is 0. The fraction of sp³-hybridized carbons (Fsp3) is 0.619. The van der Waals surface area contributed by atoms with Gasteiger partial charge in [-0.3, -0.25) is 4.79 Å². The number of carbonyl (C=O) groups is 2. The second-order valence-electron chi connectivity index (χ2n) is 8.24. The molecule has 7 nitrogen and oxygen atoms in total. The first-order valence-corrected chi connectivity index (χ1v) is 9.93. The summed E-state index contributed by atoms with van der Waals surface area (Å²) in [5, 5.41) is 0. The van der Waals surface area contributed by atoms with Crippen LogP contribution in [0.2, 0.25) is 0 Å². The minimum atomic E-state index is -0.506. The van der Waals surface area contributed by atoms with Gasteiger partial charge in [-0.15, -0.1) is 0 Å². The molecule has 3 rings (SSSR count). The van der Waals surface area contributed by atoms with Crippen molar-refractivity contribution in [2.24, 2.45) is 0 Å². The van der Waals surface area contributed by atoms with Crippen molar-refractivity contribution in [2.75, 3.05) is 39.4 Å². The molecule has 154 valence electrons. The highest BCUT2D eigenvalue weighted by atomic mass is 16.6. The highest BCUT2D eigenvalue weighted by Gasteiger charge is 2.28. The van der Waals surface area contributed by atoms with Crippen LogP contribution in [0.15, 0.2) is 24.3 Å². The number of nitrogens with zero attached hydrogens (tertiary/aromatic N) is 2. The minimum Gasteiger partial charge on any atom is -0.489 e. The molecule has 0 unspecified atom stereocenters. The largest absolute Gasteiger partial charge is 0.489 e. The van der Waals surface area contributed by atoms with Gasteiger partial charge < -0.3 is 24.0 Å². The topological polar surface area (TPSA) is 68.3 Å². The van der Waals surface area contributed by atoms with Crippen molar-refractivity contribution in [2.45, 2.75) is 45.3 Å². The Hall–Kier alpha value is -2.28. The van der Waals surface area contributed by atoms with Crippen LogP contribution in [0.1, 0.15) is 44.0 Å². The zero-order valence-electron chi connectivity index (χ0n) is 17.0. The Balaban J connectivity index is 1.54. The van der Waals surface area contributed by atoms with Crippen molar-refractivity contribution in [1.29, 1.82) is 0 Å². The van der Waals surface area contributed by atoms with Gasteiger partial charge in [0, 0.05) is 25.2 Å². The van der Waals surface area contributed by atoms with Gasteiger partial charge in [-0.2, -0.15) is 0 Å². The van der Waals surface area contributed by atoms with E-state index >= 15 is 0 Å². The van der Waals surface area contributed by atoms with E-state index in [9.17, 15) is 9.59 Å². The molecule has 1 aromatic carbocycles. The monoisotopic (exact) mass is 390 g/mol. The predicted octanol–water partition coefficient (Wildman–Crippen LogP) is 2.94. The molecule has 2 aliphatic heterocycles. The third kappa shape index (κ3) is 5.61. The zero-order chi connectivity index (χ0) is 20.1. The number of rotatable bonds is 3. The third-order valence-corrected chi connectivity index (χ3v) is 4.73. The van der Waals surface area contributed by atoms with Gasteiger partial charge in [0.05, 0.1) is 19.8 Å². The van der Waals surface area contributed by atoms with Gasteiger partial charge in [-0.1, -0.05) is 0 Å². The third-order valence-electron chi connectivity index (χ3n) is 4.73. The van der Waals surface area contributed by atoms with E-state index in [1.54, 1.807) is 21.9 Å². The van der Waals surface area contributed by atoms with Gasteiger partial charge in [-0.25, -0.2) is 4.79 Å². The van der Waals surface area contributed by atoms with Crippen LogP contribution in [0.25, 0.3) is 0 Å². The van der Waals surface area contributed by atoms with Crippen LogP contribution in [-0.4, -0.2) is 72.9 Å². The lowest BCUT2D eigenvalue weighted by atomic mass is 10.1. The molecule has 0 saturated carbocycles. The zero-order valence-corrected chi connectivity index (χ0v) is 17.0. The molecule has 0 aliphatic carbocycles. The second kappa shape index (κ2) is 8.82. The molecular formula is C21H30N2O5. The molecule has 0 N–H and O–H groups in total. The summed E-state index contributed by atoms with van der Waals surface area (Å²) in [5.74, 6) is 0.721. The van der Waals surface area contributed by atoms with Gasteiger partial charge in [0.25, 0.3) is 5.91 Å². The number of ether oxygens (including phenoxy) is 3. The Morgan fingerprint density at radius 2 is 1.71 bits per heavy atom. The molecule has 2 saturated heterocycles. The fourth-order valence-corrected chi connectivity index (χ4v) is 3.34. The van der Waals surface area contributed by atoms with Crippen molar-refractivity contribution in [3.05, 3.63) is 29.8 Å². The van der Waals surface area contributed by atoms with Gasteiger partial charge in [0.15, 0.2) is 0 Å². The molecule has 2 amide bonds. The molecule has 7 heteroatoms. The quantitative estimate of drug-likeness (QED) is 0.794. The van der Waals surface area contributed by atoms with Crippen molar-refractivity contribution >= 4 is 12.0 Å². The lowest BCUT2D eigenvalue weighted by Gasteiger charge is -2.34. The standard InChI is InChI=1S/C21H30N2O5/c1-21(2,3)28-20(25)23-10-4-5-18(15-23)27-17-8-6-16(7-9-17)19(24)22-11-13-26-14-12-22/h6-9,18H,4-5,10-15H2,1-3H3/t18-/m1/s1. The van der Waals surface area contributed by atoms with Crippen molar-refractivity contribution in [1.82, 2.24) is 9.80 Å². The highest BCUT2D eigenvalue weighted by molar-refractivity contribution is 5.94. The van der Waals surface area contributed by atoms with E-state index in [2.05, 4.69) is 0 Å². The summed E-state index contributed by atoms with van der Waals surface area (Å²) < 4.78 is 16.8. The Labute approximate surface area is 166 Å².